The number of likely N-dealkylation sites (N-methyl/N-ethyl adjacent to an activating group) is 1. The number of halogens is 1. The number of benzene rings is 1. The van der Waals surface area contributed by atoms with E-state index < -0.39 is 0 Å². The Kier molecular flexibility index (Phi) is 8.03. The molecule has 1 aromatic carbocycles. The predicted octanol–water partition coefficient (Wildman–Crippen LogP) is 3.22. The van der Waals surface area contributed by atoms with Crippen LogP contribution in [0.25, 0.3) is 0 Å². The number of piperidine rings is 1. The summed E-state index contributed by atoms with van der Waals surface area (Å²) in [5.41, 5.74) is 0.820. The molecule has 4 rings (SSSR count). The van der Waals surface area contributed by atoms with Crippen LogP contribution >= 0.6 is 27.3 Å². The van der Waals surface area contributed by atoms with Crippen LogP contribution in [0.15, 0.2) is 34.1 Å². The molecule has 0 spiro atoms. The fraction of sp³-hybridized carbons (Fsp3) is 0.542. The molecule has 1 aromatic heterocycles. The Balaban J connectivity index is 1.44. The monoisotopic (exact) mass is 534 g/mol. The molecule has 2 aliphatic rings. The zero-order valence-electron chi connectivity index (χ0n) is 19.2. The number of hydrogen-bond acceptors (Lipinski definition) is 6. The van der Waals surface area contributed by atoms with E-state index in [1.165, 1.54) is 0 Å². The molecule has 2 aromatic rings. The molecule has 0 saturated carbocycles. The highest BCUT2D eigenvalue weighted by Crippen LogP contribution is 2.28. The molecule has 0 aliphatic carbocycles. The zero-order chi connectivity index (χ0) is 23.4. The minimum atomic E-state index is -0.110. The van der Waals surface area contributed by atoms with Gasteiger partial charge in [0.1, 0.15) is 11.9 Å². The van der Waals surface area contributed by atoms with Crippen LogP contribution in [-0.4, -0.2) is 83.9 Å². The van der Waals surface area contributed by atoms with Crippen LogP contribution in [0.1, 0.15) is 23.5 Å². The van der Waals surface area contributed by atoms with Crippen molar-refractivity contribution >= 4 is 39.1 Å². The highest BCUT2D eigenvalue weighted by molar-refractivity contribution is 9.10. The maximum absolute atomic E-state index is 13.1. The minimum absolute atomic E-state index is 0.0500. The second-order valence-corrected chi connectivity index (χ2v) is 10.9. The van der Waals surface area contributed by atoms with Gasteiger partial charge in [0.05, 0.1) is 17.1 Å². The fourth-order valence-corrected chi connectivity index (χ4v) is 5.46. The maximum atomic E-state index is 13.1. The van der Waals surface area contributed by atoms with Crippen LogP contribution in [0.4, 0.5) is 0 Å². The van der Waals surface area contributed by atoms with Crippen LogP contribution < -0.4 is 4.74 Å². The van der Waals surface area contributed by atoms with E-state index >= 15 is 0 Å². The Morgan fingerprint density at radius 2 is 1.94 bits per heavy atom. The van der Waals surface area contributed by atoms with Gasteiger partial charge in [0, 0.05) is 67.9 Å². The molecular weight excluding hydrogens is 504 g/mol. The smallest absolute Gasteiger partial charge is 0.228 e. The number of likely N-dealkylation sites (tertiary alicyclic amines) is 1. The Morgan fingerprint density at radius 1 is 1.15 bits per heavy atom. The molecule has 3 heterocycles. The van der Waals surface area contributed by atoms with E-state index in [1.54, 1.807) is 11.3 Å². The van der Waals surface area contributed by atoms with Crippen molar-refractivity contribution in [3.8, 4) is 5.75 Å². The molecular formula is C24H31BrN4O3S. The van der Waals surface area contributed by atoms with Crippen molar-refractivity contribution in [1.82, 2.24) is 19.7 Å². The summed E-state index contributed by atoms with van der Waals surface area (Å²) in [4.78, 5) is 36.6. The van der Waals surface area contributed by atoms with E-state index in [9.17, 15) is 9.59 Å². The Bertz CT molecular complexity index is 976. The van der Waals surface area contributed by atoms with Crippen molar-refractivity contribution in [2.75, 3.05) is 46.3 Å². The number of piperazine rings is 1. The molecule has 0 bridgehead atoms. The Morgan fingerprint density at radius 3 is 2.64 bits per heavy atom. The number of carbonyl (C=O) groups excluding carboxylic acids is 2. The van der Waals surface area contributed by atoms with Crippen molar-refractivity contribution in [2.24, 2.45) is 5.92 Å². The number of aryl methyl sites for hydroxylation is 1. The third-order valence-electron chi connectivity index (χ3n) is 6.39. The number of amides is 2. The van der Waals surface area contributed by atoms with Crippen molar-refractivity contribution < 1.29 is 14.3 Å². The van der Waals surface area contributed by atoms with Gasteiger partial charge in [0.25, 0.3) is 0 Å². The number of ether oxygens (including phenoxy) is 1. The molecule has 0 unspecified atom stereocenters. The molecule has 0 radical (unpaired) electrons. The van der Waals surface area contributed by atoms with Crippen LogP contribution in [0, 0.1) is 12.8 Å². The van der Waals surface area contributed by atoms with Crippen LogP contribution in [0.5, 0.6) is 5.75 Å². The SMILES string of the molecule is Cc1nc(CC(=O)N2CC[C@H](Oc3cccc(Br)c3)[C@@H](CC(=O)N3CCN(C)CC3)C2)cs1. The summed E-state index contributed by atoms with van der Waals surface area (Å²) in [5.74, 6) is 0.953. The van der Waals surface area contributed by atoms with Gasteiger partial charge in [-0.3, -0.25) is 9.59 Å². The molecule has 9 heteroatoms. The van der Waals surface area contributed by atoms with Gasteiger partial charge in [-0.25, -0.2) is 4.98 Å². The third kappa shape index (κ3) is 6.55. The lowest BCUT2D eigenvalue weighted by molar-refractivity contribution is -0.139. The molecule has 7 nitrogen and oxygen atoms in total. The molecule has 2 amide bonds. The Labute approximate surface area is 207 Å². The summed E-state index contributed by atoms with van der Waals surface area (Å²) in [7, 11) is 2.08. The standard InChI is InChI=1S/C24H31BrN4O3S/c1-17-26-20(16-33-17)14-24(31)29-7-6-22(32-21-5-3-4-19(25)13-21)18(15-29)12-23(30)28-10-8-27(2)9-11-28/h3-5,13,16,18,22H,6-12,14-15H2,1-2H3/t18-,22-/m0/s1. The first-order valence-electron chi connectivity index (χ1n) is 11.4. The Hall–Kier alpha value is -1.97. The van der Waals surface area contributed by atoms with Crippen LogP contribution in [0.2, 0.25) is 0 Å². The van der Waals surface area contributed by atoms with E-state index in [2.05, 4.69) is 32.9 Å². The number of nitrogens with zero attached hydrogens (tertiary/aromatic N) is 4. The van der Waals surface area contributed by atoms with Crippen molar-refractivity contribution in [3.63, 3.8) is 0 Å². The highest BCUT2D eigenvalue weighted by Gasteiger charge is 2.35. The van der Waals surface area contributed by atoms with E-state index in [1.807, 2.05) is 46.4 Å². The first kappa shape index (κ1) is 24.2. The summed E-state index contributed by atoms with van der Waals surface area (Å²) >= 11 is 5.06. The number of carbonyl (C=O) groups is 2. The van der Waals surface area contributed by atoms with Gasteiger partial charge in [0.15, 0.2) is 0 Å². The van der Waals surface area contributed by atoms with Gasteiger partial charge in [-0.2, -0.15) is 0 Å². The second-order valence-electron chi connectivity index (χ2n) is 8.93. The predicted molar refractivity (Wildman–Crippen MR) is 132 cm³/mol. The van der Waals surface area contributed by atoms with E-state index in [-0.39, 0.29) is 23.8 Å². The number of hydrogen-bond donors (Lipinski definition) is 0. The molecule has 0 N–H and O–H groups in total. The number of aromatic nitrogens is 1. The van der Waals surface area contributed by atoms with Crippen LogP contribution in [0.3, 0.4) is 0 Å². The number of thiazole rings is 1. The quantitative estimate of drug-likeness (QED) is 0.569. The van der Waals surface area contributed by atoms with Gasteiger partial charge in [-0.15, -0.1) is 11.3 Å². The zero-order valence-corrected chi connectivity index (χ0v) is 21.6. The molecule has 33 heavy (non-hydrogen) atoms. The third-order valence-corrected chi connectivity index (χ3v) is 7.71. The van der Waals surface area contributed by atoms with E-state index in [4.69, 9.17) is 4.74 Å². The van der Waals surface area contributed by atoms with Crippen molar-refractivity contribution in [1.29, 1.82) is 0 Å². The summed E-state index contributed by atoms with van der Waals surface area (Å²) in [6.45, 7) is 6.40. The van der Waals surface area contributed by atoms with Gasteiger partial charge in [0.2, 0.25) is 11.8 Å². The number of rotatable bonds is 6. The lowest BCUT2D eigenvalue weighted by Gasteiger charge is -2.40. The normalized spacial score (nSPS) is 21.8. The fourth-order valence-electron chi connectivity index (χ4n) is 4.47. The highest BCUT2D eigenvalue weighted by atomic mass is 79.9. The van der Waals surface area contributed by atoms with E-state index in [0.29, 0.717) is 32.4 Å². The molecule has 2 saturated heterocycles. The summed E-state index contributed by atoms with van der Waals surface area (Å²) in [6, 6.07) is 7.79. The maximum Gasteiger partial charge on any atom is 0.228 e. The van der Waals surface area contributed by atoms with Gasteiger partial charge in [-0.1, -0.05) is 22.0 Å². The van der Waals surface area contributed by atoms with E-state index in [0.717, 1.165) is 47.1 Å². The lowest BCUT2D eigenvalue weighted by atomic mass is 9.90. The summed E-state index contributed by atoms with van der Waals surface area (Å²) in [5, 5.41) is 2.92. The molecule has 2 fully saturated rings. The van der Waals surface area contributed by atoms with Crippen LogP contribution in [-0.2, 0) is 16.0 Å². The molecule has 2 aliphatic heterocycles. The topological polar surface area (TPSA) is 66.0 Å². The first-order valence-corrected chi connectivity index (χ1v) is 13.1. The average molecular weight is 536 g/mol. The lowest BCUT2D eigenvalue weighted by Crippen LogP contribution is -2.52. The van der Waals surface area contributed by atoms with Gasteiger partial charge < -0.3 is 19.4 Å². The summed E-state index contributed by atoms with van der Waals surface area (Å²) in [6.07, 6.45) is 1.29. The molecule has 178 valence electrons. The largest absolute Gasteiger partial charge is 0.490 e. The van der Waals surface area contributed by atoms with Crippen molar-refractivity contribution in [3.05, 3.63) is 44.8 Å². The van der Waals surface area contributed by atoms with Gasteiger partial charge >= 0.3 is 0 Å². The average Bonchev–Trinajstić information content (AvgIpc) is 3.19. The first-order chi connectivity index (χ1) is 15.9. The second kappa shape index (κ2) is 11.0. The molecule has 2 atom stereocenters. The van der Waals surface area contributed by atoms with Crippen molar-refractivity contribution in [2.45, 2.75) is 32.3 Å². The summed E-state index contributed by atoms with van der Waals surface area (Å²) < 4.78 is 7.30. The van der Waals surface area contributed by atoms with Gasteiger partial charge in [-0.05, 0) is 32.2 Å². The minimum Gasteiger partial charge on any atom is -0.490 e.